The van der Waals surface area contributed by atoms with Gasteiger partial charge < -0.3 is 15.4 Å². The van der Waals surface area contributed by atoms with Crippen molar-refractivity contribution in [3.8, 4) is 0 Å². The molecular weight excluding hydrogens is 268 g/mol. The molecular formula is C16H28N2O3. The third-order valence-corrected chi connectivity index (χ3v) is 3.98. The maximum Gasteiger partial charge on any atom is 0.220 e. The van der Waals surface area contributed by atoms with Gasteiger partial charge >= 0.3 is 0 Å². The first kappa shape index (κ1) is 17.7. The molecule has 2 N–H and O–H groups in total. The lowest BCUT2D eigenvalue weighted by atomic mass is 9.86. The number of rotatable bonds is 9. The van der Waals surface area contributed by atoms with Crippen molar-refractivity contribution < 1.29 is 14.4 Å². The first-order valence-electron chi connectivity index (χ1n) is 8.10. The Kier molecular flexibility index (Phi) is 8.71. The van der Waals surface area contributed by atoms with Crippen molar-refractivity contribution in [2.45, 2.75) is 64.7 Å². The van der Waals surface area contributed by atoms with Crippen LogP contribution >= 0.6 is 0 Å². The van der Waals surface area contributed by atoms with E-state index in [1.165, 1.54) is 39.0 Å². The summed E-state index contributed by atoms with van der Waals surface area (Å²) in [5.74, 6) is 0.664. The van der Waals surface area contributed by atoms with Crippen molar-refractivity contribution >= 4 is 17.6 Å². The van der Waals surface area contributed by atoms with Crippen LogP contribution in [0.4, 0.5) is 0 Å². The molecule has 1 aliphatic carbocycles. The van der Waals surface area contributed by atoms with E-state index in [4.69, 9.17) is 0 Å². The van der Waals surface area contributed by atoms with Gasteiger partial charge in [0, 0.05) is 32.4 Å². The fourth-order valence-electron chi connectivity index (χ4n) is 2.68. The second-order valence-electron chi connectivity index (χ2n) is 5.94. The van der Waals surface area contributed by atoms with Gasteiger partial charge in [-0.3, -0.25) is 9.59 Å². The molecule has 2 amide bonds. The third kappa shape index (κ3) is 9.21. The number of ketones is 1. The maximum atomic E-state index is 11.7. The maximum absolute atomic E-state index is 11.7. The van der Waals surface area contributed by atoms with Crippen molar-refractivity contribution in [2.24, 2.45) is 5.92 Å². The molecule has 120 valence electrons. The summed E-state index contributed by atoms with van der Waals surface area (Å²) in [6.07, 6.45) is 8.55. The van der Waals surface area contributed by atoms with Gasteiger partial charge in [0.05, 0.1) is 0 Å². The van der Waals surface area contributed by atoms with E-state index in [1.54, 1.807) is 0 Å². The topological polar surface area (TPSA) is 75.3 Å². The molecule has 0 spiro atoms. The molecule has 0 bridgehead atoms. The number of carbonyl (C=O) groups excluding carboxylic acids is 3. The molecule has 0 aromatic heterocycles. The van der Waals surface area contributed by atoms with Crippen molar-refractivity contribution in [1.82, 2.24) is 10.6 Å². The predicted octanol–water partition coefficient (Wildman–Crippen LogP) is 1.95. The first-order valence-corrected chi connectivity index (χ1v) is 8.10. The average Bonchev–Trinajstić information content (AvgIpc) is 2.48. The number of nitrogens with one attached hydrogen (secondary N) is 2. The molecule has 0 unspecified atom stereocenters. The quantitative estimate of drug-likeness (QED) is 0.639. The van der Waals surface area contributed by atoms with Crippen LogP contribution in [0.1, 0.15) is 64.7 Å². The largest absolute Gasteiger partial charge is 0.354 e. The molecule has 0 atom stereocenters. The molecule has 0 aromatic rings. The number of Topliss-reactive ketones (excluding diaryl/α,β-unsaturated/α-hetero) is 1. The third-order valence-electron chi connectivity index (χ3n) is 3.98. The number of amides is 2. The fourth-order valence-corrected chi connectivity index (χ4v) is 2.68. The standard InChI is InChI=1S/C16H28N2O3/c1-13(19)7-9-15(20)17-11-12-18-16(21)10-8-14-5-3-2-4-6-14/h14H,2-12H2,1H3,(H,17,20)(H,18,21). The van der Waals surface area contributed by atoms with E-state index in [0.29, 0.717) is 19.5 Å². The SMILES string of the molecule is CC(=O)CCC(=O)NCCNC(=O)CCC1CCCCC1. The highest BCUT2D eigenvalue weighted by atomic mass is 16.2. The lowest BCUT2D eigenvalue weighted by Crippen LogP contribution is -2.34. The number of hydrogen-bond donors (Lipinski definition) is 2. The normalized spacial score (nSPS) is 15.5. The summed E-state index contributed by atoms with van der Waals surface area (Å²) in [7, 11) is 0. The van der Waals surface area contributed by atoms with Crippen LogP contribution in [0.3, 0.4) is 0 Å². The van der Waals surface area contributed by atoms with Gasteiger partial charge in [-0.15, -0.1) is 0 Å². The van der Waals surface area contributed by atoms with Gasteiger partial charge in [-0.25, -0.2) is 0 Å². The minimum atomic E-state index is -0.137. The van der Waals surface area contributed by atoms with Crippen LogP contribution in [0.2, 0.25) is 0 Å². The Hall–Kier alpha value is -1.39. The molecule has 0 aliphatic heterocycles. The van der Waals surface area contributed by atoms with E-state index in [0.717, 1.165) is 12.3 Å². The highest BCUT2D eigenvalue weighted by Gasteiger charge is 2.14. The van der Waals surface area contributed by atoms with Gasteiger partial charge in [0.1, 0.15) is 5.78 Å². The zero-order valence-corrected chi connectivity index (χ0v) is 13.1. The van der Waals surface area contributed by atoms with Gasteiger partial charge in [0.2, 0.25) is 11.8 Å². The lowest BCUT2D eigenvalue weighted by Gasteiger charge is -2.20. The summed E-state index contributed by atoms with van der Waals surface area (Å²) >= 11 is 0. The zero-order chi connectivity index (χ0) is 15.5. The van der Waals surface area contributed by atoms with Crippen molar-refractivity contribution in [2.75, 3.05) is 13.1 Å². The van der Waals surface area contributed by atoms with Crippen LogP contribution in [-0.4, -0.2) is 30.7 Å². The Morgan fingerprint density at radius 1 is 0.857 bits per heavy atom. The molecule has 5 nitrogen and oxygen atoms in total. The summed E-state index contributed by atoms with van der Waals surface area (Å²) in [5, 5.41) is 5.51. The summed E-state index contributed by atoms with van der Waals surface area (Å²) in [6.45, 7) is 2.35. The summed E-state index contributed by atoms with van der Waals surface area (Å²) < 4.78 is 0. The predicted molar refractivity (Wildman–Crippen MR) is 81.7 cm³/mol. The van der Waals surface area contributed by atoms with Gasteiger partial charge in [-0.1, -0.05) is 32.1 Å². The molecule has 1 aliphatic rings. The van der Waals surface area contributed by atoms with Crippen molar-refractivity contribution in [3.05, 3.63) is 0 Å². The minimum absolute atomic E-state index is 0.0150. The average molecular weight is 296 g/mol. The smallest absolute Gasteiger partial charge is 0.220 e. The Bertz CT molecular complexity index is 349. The van der Waals surface area contributed by atoms with E-state index in [9.17, 15) is 14.4 Å². The molecule has 0 radical (unpaired) electrons. The Morgan fingerprint density at radius 2 is 1.43 bits per heavy atom. The number of carbonyl (C=O) groups is 3. The van der Waals surface area contributed by atoms with Crippen LogP contribution in [0, 0.1) is 5.92 Å². The van der Waals surface area contributed by atoms with Crippen molar-refractivity contribution in [1.29, 1.82) is 0 Å². The molecule has 1 saturated carbocycles. The second kappa shape index (κ2) is 10.4. The molecule has 1 fully saturated rings. The highest BCUT2D eigenvalue weighted by Crippen LogP contribution is 2.27. The van der Waals surface area contributed by atoms with Crippen LogP contribution in [0.25, 0.3) is 0 Å². The van der Waals surface area contributed by atoms with Crippen LogP contribution < -0.4 is 10.6 Å². The van der Waals surface area contributed by atoms with Gasteiger partial charge in [-0.2, -0.15) is 0 Å². The molecule has 21 heavy (non-hydrogen) atoms. The lowest BCUT2D eigenvalue weighted by molar-refractivity contribution is -0.124. The monoisotopic (exact) mass is 296 g/mol. The van der Waals surface area contributed by atoms with E-state index in [-0.39, 0.29) is 30.4 Å². The van der Waals surface area contributed by atoms with Gasteiger partial charge in [-0.05, 0) is 19.3 Å². The van der Waals surface area contributed by atoms with Crippen LogP contribution in [0.15, 0.2) is 0 Å². The first-order chi connectivity index (χ1) is 10.1. The Labute approximate surface area is 127 Å². The highest BCUT2D eigenvalue weighted by molar-refractivity contribution is 5.83. The summed E-state index contributed by atoms with van der Waals surface area (Å²) in [5.41, 5.74) is 0. The van der Waals surface area contributed by atoms with E-state index in [2.05, 4.69) is 10.6 Å². The van der Waals surface area contributed by atoms with Crippen LogP contribution in [-0.2, 0) is 14.4 Å². The van der Waals surface area contributed by atoms with E-state index in [1.807, 2.05) is 0 Å². The van der Waals surface area contributed by atoms with E-state index >= 15 is 0 Å². The summed E-state index contributed by atoms with van der Waals surface area (Å²) in [6, 6.07) is 0. The van der Waals surface area contributed by atoms with Gasteiger partial charge in [0.15, 0.2) is 0 Å². The Morgan fingerprint density at radius 3 is 2.00 bits per heavy atom. The molecule has 0 aromatic carbocycles. The van der Waals surface area contributed by atoms with Crippen molar-refractivity contribution in [3.63, 3.8) is 0 Å². The van der Waals surface area contributed by atoms with Crippen LogP contribution in [0.5, 0.6) is 0 Å². The van der Waals surface area contributed by atoms with E-state index < -0.39 is 0 Å². The minimum Gasteiger partial charge on any atom is -0.354 e. The van der Waals surface area contributed by atoms with Gasteiger partial charge in [0.25, 0.3) is 0 Å². The Balaban J connectivity index is 1.97. The molecule has 1 rings (SSSR count). The molecule has 0 saturated heterocycles. The molecule has 5 heteroatoms. The zero-order valence-electron chi connectivity index (χ0n) is 13.1. The number of hydrogen-bond acceptors (Lipinski definition) is 3. The second-order valence-corrected chi connectivity index (χ2v) is 5.94. The molecule has 0 heterocycles. The fraction of sp³-hybridized carbons (Fsp3) is 0.812. The summed E-state index contributed by atoms with van der Waals surface area (Å²) in [4.78, 5) is 33.8.